The second-order valence-corrected chi connectivity index (χ2v) is 5.39. The molecule has 1 aliphatic heterocycles. The van der Waals surface area contributed by atoms with Crippen LogP contribution in [0, 0.1) is 0 Å². The number of hydrogen-bond acceptors (Lipinski definition) is 1. The monoisotopic (exact) mass is 280 g/mol. The van der Waals surface area contributed by atoms with E-state index in [0.29, 0.717) is 0 Å². The molecule has 0 bridgehead atoms. The van der Waals surface area contributed by atoms with E-state index >= 15 is 0 Å². The minimum atomic E-state index is -0.293. The van der Waals surface area contributed by atoms with Gasteiger partial charge in [-0.1, -0.05) is 60.1 Å². The second kappa shape index (κ2) is 4.50. The lowest BCUT2D eigenvalue weighted by Gasteiger charge is -2.06. The third kappa shape index (κ3) is 1.69. The molecule has 20 heavy (non-hydrogen) atoms. The average Bonchev–Trinajstić information content (AvgIpc) is 2.78. The highest BCUT2D eigenvalue weighted by atomic mass is 35.5. The molecule has 0 N–H and O–H groups in total. The van der Waals surface area contributed by atoms with Crippen molar-refractivity contribution in [1.82, 2.24) is 4.57 Å². The molecule has 3 heteroatoms. The maximum absolute atomic E-state index is 6.36. The maximum Gasteiger partial charge on any atom is 0.150 e. The van der Waals surface area contributed by atoms with E-state index in [0.717, 1.165) is 12.1 Å². The summed E-state index contributed by atoms with van der Waals surface area (Å²) in [6.07, 6.45) is 4.09. The van der Waals surface area contributed by atoms with Gasteiger partial charge in [0.2, 0.25) is 0 Å². The van der Waals surface area contributed by atoms with Crippen LogP contribution in [0.15, 0.2) is 59.7 Å². The van der Waals surface area contributed by atoms with E-state index in [1.807, 2.05) is 12.3 Å². The minimum absolute atomic E-state index is 0.293. The summed E-state index contributed by atoms with van der Waals surface area (Å²) in [6, 6.07) is 16.7. The summed E-state index contributed by atoms with van der Waals surface area (Å²) in [5.41, 5.74) is 4.47. The van der Waals surface area contributed by atoms with Gasteiger partial charge in [-0.3, -0.25) is 4.99 Å². The molecule has 3 aromatic rings. The van der Waals surface area contributed by atoms with E-state index < -0.39 is 0 Å². The molecule has 1 unspecified atom stereocenters. The van der Waals surface area contributed by atoms with Gasteiger partial charge in [0, 0.05) is 28.9 Å². The molecule has 0 amide bonds. The van der Waals surface area contributed by atoms with Crippen LogP contribution in [0.2, 0.25) is 0 Å². The van der Waals surface area contributed by atoms with Crippen LogP contribution in [0.1, 0.15) is 11.1 Å². The van der Waals surface area contributed by atoms with Crippen molar-refractivity contribution >= 4 is 28.7 Å². The van der Waals surface area contributed by atoms with Gasteiger partial charge in [0.05, 0.1) is 12.1 Å². The van der Waals surface area contributed by atoms with Gasteiger partial charge in [0.1, 0.15) is 5.50 Å². The molecule has 0 spiro atoms. The van der Waals surface area contributed by atoms with Crippen LogP contribution in [-0.2, 0) is 6.54 Å². The summed E-state index contributed by atoms with van der Waals surface area (Å²) >= 11 is 6.36. The van der Waals surface area contributed by atoms with Crippen LogP contribution in [-0.4, -0.2) is 10.8 Å². The lowest BCUT2D eigenvalue weighted by Crippen LogP contribution is -1.95. The van der Waals surface area contributed by atoms with E-state index in [4.69, 9.17) is 11.6 Å². The first-order valence-corrected chi connectivity index (χ1v) is 7.11. The lowest BCUT2D eigenvalue weighted by molar-refractivity contribution is 0.915. The van der Waals surface area contributed by atoms with Gasteiger partial charge in [0.25, 0.3) is 0 Å². The van der Waals surface area contributed by atoms with E-state index in [2.05, 4.69) is 58.2 Å². The van der Waals surface area contributed by atoms with Crippen LogP contribution >= 0.6 is 11.6 Å². The van der Waals surface area contributed by atoms with Crippen molar-refractivity contribution in [2.75, 3.05) is 0 Å². The first-order chi connectivity index (χ1) is 9.84. The predicted octanol–water partition coefficient (Wildman–Crippen LogP) is 4.63. The molecule has 0 radical (unpaired) electrons. The third-order valence-corrected chi connectivity index (χ3v) is 4.13. The quantitative estimate of drug-likeness (QED) is 0.457. The Balaban J connectivity index is 2.06. The Kier molecular flexibility index (Phi) is 2.64. The molecule has 98 valence electrons. The zero-order valence-corrected chi connectivity index (χ0v) is 11.6. The number of aliphatic imine (C=N–C) groups is 1. The smallest absolute Gasteiger partial charge is 0.150 e. The number of benzene rings is 2. The highest BCUT2D eigenvalue weighted by Gasteiger charge is 2.18. The third-order valence-electron chi connectivity index (χ3n) is 3.79. The summed E-state index contributed by atoms with van der Waals surface area (Å²) in [7, 11) is 0. The van der Waals surface area contributed by atoms with E-state index in [-0.39, 0.29) is 5.50 Å². The Bertz CT molecular complexity index is 802. The van der Waals surface area contributed by atoms with E-state index in [9.17, 15) is 0 Å². The van der Waals surface area contributed by atoms with Crippen molar-refractivity contribution in [2.24, 2.45) is 4.99 Å². The number of halogens is 1. The largest absolute Gasteiger partial charge is 0.341 e. The first-order valence-electron chi connectivity index (χ1n) is 6.67. The number of nitrogens with zero attached hydrogens (tertiary/aromatic N) is 2. The molecular formula is C17H13ClN2. The normalized spacial score (nSPS) is 17.4. The molecule has 2 aromatic carbocycles. The van der Waals surface area contributed by atoms with Crippen LogP contribution in [0.5, 0.6) is 0 Å². The van der Waals surface area contributed by atoms with Gasteiger partial charge in [-0.2, -0.15) is 0 Å². The topological polar surface area (TPSA) is 17.3 Å². The van der Waals surface area contributed by atoms with E-state index in [1.165, 1.54) is 22.0 Å². The first kappa shape index (κ1) is 11.7. The fourth-order valence-corrected chi connectivity index (χ4v) is 3.14. The molecule has 2 nitrogen and oxygen atoms in total. The van der Waals surface area contributed by atoms with Gasteiger partial charge in [0.15, 0.2) is 0 Å². The number of aromatic nitrogens is 1. The average molecular weight is 281 g/mol. The maximum atomic E-state index is 6.36. The summed E-state index contributed by atoms with van der Waals surface area (Å²) in [4.78, 5) is 4.36. The molecule has 0 fully saturated rings. The molecular weight excluding hydrogens is 268 g/mol. The van der Waals surface area contributed by atoms with Gasteiger partial charge >= 0.3 is 0 Å². The Labute approximate surface area is 122 Å². The van der Waals surface area contributed by atoms with Gasteiger partial charge in [-0.05, 0) is 5.56 Å². The summed E-state index contributed by atoms with van der Waals surface area (Å²) < 4.78 is 2.24. The number of hydrogen-bond donors (Lipinski definition) is 0. The van der Waals surface area contributed by atoms with Crippen molar-refractivity contribution in [3.63, 3.8) is 0 Å². The molecule has 2 heterocycles. The zero-order valence-electron chi connectivity index (χ0n) is 10.8. The zero-order chi connectivity index (χ0) is 13.5. The minimum Gasteiger partial charge on any atom is -0.341 e. The summed E-state index contributed by atoms with van der Waals surface area (Å²) in [6.45, 7) is 0.767. The molecule has 1 aliphatic rings. The van der Waals surface area contributed by atoms with Gasteiger partial charge in [-0.25, -0.2) is 0 Å². The fraction of sp³-hybridized carbons (Fsp3) is 0.118. The van der Waals surface area contributed by atoms with Crippen LogP contribution in [0.4, 0.5) is 0 Å². The Hall–Kier alpha value is -2.06. The molecule has 4 rings (SSSR count). The van der Waals surface area contributed by atoms with E-state index in [1.54, 1.807) is 0 Å². The van der Waals surface area contributed by atoms with Crippen LogP contribution in [0.25, 0.3) is 22.0 Å². The number of para-hydroxylation sites is 1. The predicted molar refractivity (Wildman–Crippen MR) is 84.5 cm³/mol. The molecule has 1 atom stereocenters. The van der Waals surface area contributed by atoms with Crippen molar-refractivity contribution in [2.45, 2.75) is 12.0 Å². The SMILES string of the molecule is ClC1N=CCn2cc(-c3ccccc3)c3cccc1c32. The van der Waals surface area contributed by atoms with Crippen molar-refractivity contribution in [3.8, 4) is 11.1 Å². The Morgan fingerprint density at radius 3 is 2.75 bits per heavy atom. The molecule has 0 aliphatic carbocycles. The molecule has 1 aromatic heterocycles. The molecule has 0 saturated carbocycles. The molecule has 0 saturated heterocycles. The fourth-order valence-electron chi connectivity index (χ4n) is 2.88. The standard InChI is InChI=1S/C17H13ClN2/c18-17-14-8-4-7-13-15(12-5-2-1-3-6-12)11-20(16(13)14)10-9-19-17/h1-9,11,17H,10H2. The highest BCUT2D eigenvalue weighted by molar-refractivity contribution is 6.22. The Morgan fingerprint density at radius 1 is 1.05 bits per heavy atom. The van der Waals surface area contributed by atoms with Crippen molar-refractivity contribution in [3.05, 3.63) is 60.3 Å². The summed E-state index contributed by atoms with van der Waals surface area (Å²) in [5.74, 6) is 0. The Morgan fingerprint density at radius 2 is 1.90 bits per heavy atom. The van der Waals surface area contributed by atoms with Gasteiger partial charge < -0.3 is 4.57 Å². The lowest BCUT2D eigenvalue weighted by atomic mass is 10.0. The highest BCUT2D eigenvalue weighted by Crippen LogP contribution is 2.37. The van der Waals surface area contributed by atoms with Crippen LogP contribution < -0.4 is 0 Å². The van der Waals surface area contributed by atoms with Crippen molar-refractivity contribution < 1.29 is 0 Å². The summed E-state index contributed by atoms with van der Waals surface area (Å²) in [5, 5.41) is 1.24. The van der Waals surface area contributed by atoms with Gasteiger partial charge in [-0.15, -0.1) is 0 Å². The number of alkyl halides is 1. The van der Waals surface area contributed by atoms with Crippen molar-refractivity contribution in [1.29, 1.82) is 0 Å². The number of rotatable bonds is 1. The second-order valence-electron chi connectivity index (χ2n) is 4.97. The van der Waals surface area contributed by atoms with Crippen LogP contribution in [0.3, 0.4) is 0 Å².